The van der Waals surface area contributed by atoms with Crippen LogP contribution >= 0.6 is 34.9 Å². The normalized spacial score (nSPS) is 20.4. The number of anilines is 1. The van der Waals surface area contributed by atoms with Crippen LogP contribution in [0.1, 0.15) is 26.5 Å². The van der Waals surface area contributed by atoms with E-state index in [1.54, 1.807) is 27.0 Å². The van der Waals surface area contributed by atoms with Gasteiger partial charge in [-0.1, -0.05) is 5.16 Å². The molecular weight excluding hydrogens is 506 g/mol. The highest BCUT2D eigenvalue weighted by molar-refractivity contribution is 8.05. The molecule has 0 spiro atoms. The highest BCUT2D eigenvalue weighted by Gasteiger charge is 2.54. The van der Waals surface area contributed by atoms with Crippen molar-refractivity contribution in [2.24, 2.45) is 5.16 Å². The van der Waals surface area contributed by atoms with Gasteiger partial charge in [0.25, 0.3) is 11.8 Å². The molecule has 0 aromatic carbocycles. The van der Waals surface area contributed by atoms with Crippen molar-refractivity contribution in [2.75, 3.05) is 24.3 Å². The zero-order chi connectivity index (χ0) is 25.2. The predicted molar refractivity (Wildman–Crippen MR) is 128 cm³/mol. The Hall–Kier alpha value is -2.78. The van der Waals surface area contributed by atoms with E-state index in [1.165, 1.54) is 33.8 Å². The second-order valence-electron chi connectivity index (χ2n) is 8.01. The van der Waals surface area contributed by atoms with E-state index in [1.807, 2.05) is 0 Å². The van der Waals surface area contributed by atoms with E-state index in [0.717, 1.165) is 11.3 Å². The third kappa shape index (κ3) is 5.64. The lowest BCUT2D eigenvalue weighted by Crippen LogP contribution is -2.71. The largest absolute Gasteiger partial charge is 0.477 e. The number of β-lactam (4-membered cyclic amide) rings is 1. The summed E-state index contributed by atoms with van der Waals surface area (Å²) in [5, 5.41) is 16.9. The van der Waals surface area contributed by atoms with Crippen LogP contribution in [0, 0.1) is 0 Å². The summed E-state index contributed by atoms with van der Waals surface area (Å²) < 4.78 is 5.13. The number of ether oxygens (including phenoxy) is 1. The van der Waals surface area contributed by atoms with Crippen molar-refractivity contribution in [1.29, 1.82) is 0 Å². The van der Waals surface area contributed by atoms with E-state index in [0.29, 0.717) is 10.7 Å². The van der Waals surface area contributed by atoms with Crippen LogP contribution in [0.25, 0.3) is 0 Å². The average molecular weight is 530 g/mol. The first-order chi connectivity index (χ1) is 15.9. The van der Waals surface area contributed by atoms with Crippen molar-refractivity contribution in [2.45, 2.75) is 37.8 Å². The number of thioether (sulfide) groups is 2. The minimum absolute atomic E-state index is 0.0754. The number of nitrogens with zero attached hydrogens (tertiary/aromatic N) is 3. The van der Waals surface area contributed by atoms with Crippen LogP contribution in [0.3, 0.4) is 0 Å². The van der Waals surface area contributed by atoms with Gasteiger partial charge in [-0.25, -0.2) is 14.6 Å². The molecule has 2 aliphatic heterocycles. The Morgan fingerprint density at radius 1 is 1.41 bits per heavy atom. The molecule has 3 heterocycles. The Morgan fingerprint density at radius 3 is 2.68 bits per heavy atom. The maximum Gasteiger partial charge on any atom is 0.353 e. The number of hydrogen-bond acceptors (Lipinski definition) is 12. The van der Waals surface area contributed by atoms with Gasteiger partial charge in [0, 0.05) is 16.0 Å². The molecule has 2 atom stereocenters. The summed E-state index contributed by atoms with van der Waals surface area (Å²) in [5.41, 5.74) is 4.67. The Balaban J connectivity index is 1.74. The van der Waals surface area contributed by atoms with E-state index < -0.39 is 47.4 Å². The Morgan fingerprint density at radius 2 is 2.12 bits per heavy atom. The summed E-state index contributed by atoms with van der Waals surface area (Å²) in [6.07, 6.45) is 1.74. The quantitative estimate of drug-likeness (QED) is 0.188. The first-order valence-electron chi connectivity index (χ1n) is 9.82. The topological polar surface area (TPSA) is 174 Å². The van der Waals surface area contributed by atoms with Gasteiger partial charge in [0.05, 0.1) is 0 Å². The van der Waals surface area contributed by atoms with E-state index in [4.69, 9.17) is 15.3 Å². The number of hydrogen-bond donors (Lipinski definition) is 3. The number of esters is 1. The number of rotatable bonds is 8. The highest BCUT2D eigenvalue weighted by Crippen LogP contribution is 2.42. The molecule has 2 amide bonds. The molecule has 0 saturated carbocycles. The Kier molecular flexibility index (Phi) is 7.77. The number of amides is 2. The van der Waals surface area contributed by atoms with Crippen LogP contribution in [0.15, 0.2) is 21.1 Å². The molecule has 184 valence electrons. The van der Waals surface area contributed by atoms with Gasteiger partial charge in [0.2, 0.25) is 6.61 Å². The number of carbonyl (C=O) groups excluding carboxylic acids is 3. The third-order valence-electron chi connectivity index (χ3n) is 4.41. The predicted octanol–water partition coefficient (Wildman–Crippen LogP) is 0.847. The van der Waals surface area contributed by atoms with E-state index in [-0.39, 0.29) is 22.2 Å². The first-order valence-corrected chi connectivity index (χ1v) is 13.0. The number of aliphatic carboxylic acids is 1. The fraction of sp³-hybridized carbons (Fsp3) is 0.474. The second-order valence-corrected chi connectivity index (χ2v) is 10.9. The van der Waals surface area contributed by atoms with Crippen LogP contribution < -0.4 is 11.1 Å². The molecule has 0 bridgehead atoms. The molecule has 1 aromatic rings. The van der Waals surface area contributed by atoms with Crippen molar-refractivity contribution in [3.8, 4) is 0 Å². The zero-order valence-electron chi connectivity index (χ0n) is 18.7. The Bertz CT molecular complexity index is 1080. The van der Waals surface area contributed by atoms with Crippen LogP contribution in [-0.2, 0) is 28.8 Å². The molecule has 0 aliphatic carbocycles. The standard InChI is InChI=1S/C19H23N5O7S3/c1-19(2,3)31-10(25)5-30-23-11(8-6-34-18(20)21-8)14(26)22-12-15(27)24-13(17(28)29)9(32-4)7-33-16(12)24/h6,12,16H,5,7H2,1-4H3,(H2,20,21)(H,22,26)(H,28,29)/b23-11+/t12?,16-/m1/s1. The van der Waals surface area contributed by atoms with Crippen molar-refractivity contribution in [3.63, 3.8) is 0 Å². The number of nitrogens with one attached hydrogen (secondary N) is 1. The number of carbonyl (C=O) groups is 4. The van der Waals surface area contributed by atoms with Gasteiger partial charge in [-0.15, -0.1) is 34.9 Å². The molecule has 34 heavy (non-hydrogen) atoms. The molecule has 0 radical (unpaired) electrons. The molecule has 4 N–H and O–H groups in total. The highest BCUT2D eigenvalue weighted by atomic mass is 32.2. The zero-order valence-corrected chi connectivity index (χ0v) is 21.1. The van der Waals surface area contributed by atoms with Crippen molar-refractivity contribution >= 4 is 69.5 Å². The minimum Gasteiger partial charge on any atom is -0.477 e. The van der Waals surface area contributed by atoms with Gasteiger partial charge >= 0.3 is 11.9 Å². The molecule has 1 fully saturated rings. The number of nitrogen functional groups attached to an aromatic ring is 1. The number of carboxylic acids is 1. The number of nitrogens with two attached hydrogens (primary N) is 1. The van der Waals surface area contributed by atoms with Crippen LogP contribution in [0.4, 0.5) is 5.13 Å². The maximum absolute atomic E-state index is 13.0. The summed E-state index contributed by atoms with van der Waals surface area (Å²) in [4.78, 5) is 60.1. The lowest BCUT2D eigenvalue weighted by Gasteiger charge is -2.49. The number of fused-ring (bicyclic) bond motifs is 1. The molecule has 15 heteroatoms. The van der Waals surface area contributed by atoms with Crippen LogP contribution in [0.5, 0.6) is 0 Å². The molecular formula is C19H23N5O7S3. The van der Waals surface area contributed by atoms with Gasteiger partial charge in [-0.05, 0) is 27.0 Å². The minimum atomic E-state index is -1.21. The molecule has 3 rings (SSSR count). The van der Waals surface area contributed by atoms with E-state index in [9.17, 15) is 24.3 Å². The van der Waals surface area contributed by atoms with Crippen LogP contribution in [-0.4, -0.2) is 80.1 Å². The molecule has 1 aromatic heterocycles. The van der Waals surface area contributed by atoms with Crippen LogP contribution in [0.2, 0.25) is 0 Å². The number of oxime groups is 1. The number of aromatic nitrogens is 1. The summed E-state index contributed by atoms with van der Waals surface area (Å²) in [5.74, 6) is -2.84. The molecule has 1 saturated heterocycles. The number of thiazole rings is 1. The fourth-order valence-electron chi connectivity index (χ4n) is 3.08. The Labute approximate surface area is 207 Å². The molecule has 1 unspecified atom stereocenters. The SMILES string of the molecule is CSC1=C(C(=O)O)N2C(=O)C(NC(=O)/C(=N/OCC(=O)OC(C)(C)C)c3csc(N)n3)[C@H]2SC1. The summed E-state index contributed by atoms with van der Waals surface area (Å²) in [6, 6.07) is -0.970. The first kappa shape index (κ1) is 25.8. The van der Waals surface area contributed by atoms with Gasteiger partial charge in [0.15, 0.2) is 10.8 Å². The van der Waals surface area contributed by atoms with Gasteiger partial charge in [0.1, 0.15) is 28.4 Å². The molecule has 2 aliphatic rings. The van der Waals surface area contributed by atoms with Gasteiger partial charge in [-0.3, -0.25) is 14.5 Å². The summed E-state index contributed by atoms with van der Waals surface area (Å²) in [7, 11) is 0. The van der Waals surface area contributed by atoms with Gasteiger partial charge in [-0.2, -0.15) is 0 Å². The van der Waals surface area contributed by atoms with E-state index >= 15 is 0 Å². The molecule has 12 nitrogen and oxygen atoms in total. The van der Waals surface area contributed by atoms with Crippen molar-refractivity contribution in [1.82, 2.24) is 15.2 Å². The smallest absolute Gasteiger partial charge is 0.353 e. The van der Waals surface area contributed by atoms with Crippen molar-refractivity contribution in [3.05, 3.63) is 21.7 Å². The third-order valence-corrected chi connectivity index (χ3v) is 7.37. The average Bonchev–Trinajstić information content (AvgIpc) is 3.18. The second kappa shape index (κ2) is 10.2. The fourth-order valence-corrected chi connectivity index (χ4v) is 5.87. The monoisotopic (exact) mass is 529 g/mol. The maximum atomic E-state index is 13.0. The van der Waals surface area contributed by atoms with E-state index in [2.05, 4.69) is 15.5 Å². The summed E-state index contributed by atoms with van der Waals surface area (Å²) in [6.45, 7) is 4.54. The lowest BCUT2D eigenvalue weighted by molar-refractivity contribution is -0.160. The lowest BCUT2D eigenvalue weighted by atomic mass is 10.0. The summed E-state index contributed by atoms with van der Waals surface area (Å²) >= 11 is 3.67. The van der Waals surface area contributed by atoms with Crippen molar-refractivity contribution < 1.29 is 33.9 Å². The number of carboxylic acid groups (broad SMARTS) is 1. The van der Waals surface area contributed by atoms with Gasteiger partial charge < -0.3 is 25.7 Å².